The molecule has 0 fully saturated rings. The molecule has 0 bridgehead atoms. The van der Waals surface area contributed by atoms with Gasteiger partial charge in [0.25, 0.3) is 0 Å². The summed E-state index contributed by atoms with van der Waals surface area (Å²) in [6.07, 6.45) is 0. The van der Waals surface area contributed by atoms with Crippen LogP contribution in [0.25, 0.3) is 0 Å². The molecule has 1 aromatic carbocycles. The predicted octanol–water partition coefficient (Wildman–Crippen LogP) is -0.681. The first kappa shape index (κ1) is 11.1. The molecule has 78 valence electrons. The lowest BCUT2D eigenvalue weighted by Crippen LogP contribution is -2.15. The number of primary sulfonamides is 1. The van der Waals surface area contributed by atoms with E-state index in [2.05, 4.69) is 0 Å². The van der Waals surface area contributed by atoms with E-state index in [9.17, 15) is 8.42 Å². The van der Waals surface area contributed by atoms with E-state index < -0.39 is 16.6 Å². The van der Waals surface area contributed by atoms with Crippen LogP contribution in [0.1, 0.15) is 11.1 Å². The highest BCUT2D eigenvalue weighted by molar-refractivity contribution is 7.89. The summed E-state index contributed by atoms with van der Waals surface area (Å²) in [7, 11) is -3.85. The Kier molecular flexibility index (Phi) is 3.22. The van der Waals surface area contributed by atoms with Crippen molar-refractivity contribution in [2.75, 3.05) is 0 Å². The van der Waals surface area contributed by atoms with Crippen LogP contribution in [-0.4, -0.2) is 18.6 Å². The Labute approximate surface area is 81.9 Å². The van der Waals surface area contributed by atoms with Crippen LogP contribution in [-0.2, 0) is 23.2 Å². The fourth-order valence-corrected chi connectivity index (χ4v) is 1.91. The van der Waals surface area contributed by atoms with Gasteiger partial charge in [-0.2, -0.15) is 0 Å². The minimum atomic E-state index is -3.85. The zero-order valence-corrected chi connectivity index (χ0v) is 8.16. The molecule has 0 atom stereocenters. The van der Waals surface area contributed by atoms with E-state index in [0.29, 0.717) is 5.56 Å². The van der Waals surface area contributed by atoms with E-state index in [0.717, 1.165) is 0 Å². The van der Waals surface area contributed by atoms with E-state index in [1.54, 1.807) is 0 Å². The molecule has 0 heterocycles. The smallest absolute Gasteiger partial charge is 0.238 e. The number of hydrogen-bond acceptors (Lipinski definition) is 4. The van der Waals surface area contributed by atoms with Crippen LogP contribution in [0, 0.1) is 0 Å². The van der Waals surface area contributed by atoms with Crippen LogP contribution < -0.4 is 5.14 Å². The quantitative estimate of drug-likeness (QED) is 0.624. The largest absolute Gasteiger partial charge is 0.392 e. The Balaban J connectivity index is 3.37. The summed E-state index contributed by atoms with van der Waals surface area (Å²) in [6, 6.07) is 4.20. The molecule has 0 aromatic heterocycles. The number of hydrogen-bond donors (Lipinski definition) is 3. The standard InChI is InChI=1S/C8H11NO4S/c9-14(12,13)8-3-6(4-10)1-2-7(8)5-11/h1-3,10-11H,4-5H2,(H2,9,12,13). The van der Waals surface area contributed by atoms with Crippen LogP contribution in [0.2, 0.25) is 0 Å². The highest BCUT2D eigenvalue weighted by Gasteiger charge is 2.13. The molecule has 0 aliphatic carbocycles. The molecule has 4 N–H and O–H groups in total. The Morgan fingerprint density at radius 2 is 1.86 bits per heavy atom. The molecule has 0 unspecified atom stereocenters. The maximum absolute atomic E-state index is 11.1. The normalized spacial score (nSPS) is 11.6. The first-order valence-corrected chi connectivity index (χ1v) is 5.40. The van der Waals surface area contributed by atoms with E-state index in [4.69, 9.17) is 15.4 Å². The van der Waals surface area contributed by atoms with Crippen molar-refractivity contribution in [2.45, 2.75) is 18.1 Å². The zero-order chi connectivity index (χ0) is 10.8. The van der Waals surface area contributed by atoms with Gasteiger partial charge in [0, 0.05) is 0 Å². The number of nitrogens with two attached hydrogens (primary N) is 1. The molecule has 6 heteroatoms. The molecule has 0 amide bonds. The molecule has 1 aromatic rings. The van der Waals surface area contributed by atoms with Gasteiger partial charge in [-0.15, -0.1) is 0 Å². The van der Waals surface area contributed by atoms with Crippen molar-refractivity contribution in [3.8, 4) is 0 Å². The molecule has 5 nitrogen and oxygen atoms in total. The molecule has 0 spiro atoms. The van der Waals surface area contributed by atoms with Gasteiger partial charge in [-0.3, -0.25) is 0 Å². The fourth-order valence-electron chi connectivity index (χ4n) is 1.09. The van der Waals surface area contributed by atoms with Crippen LogP contribution in [0.4, 0.5) is 0 Å². The molecular weight excluding hydrogens is 206 g/mol. The highest BCUT2D eigenvalue weighted by Crippen LogP contribution is 2.16. The average Bonchev–Trinajstić information content (AvgIpc) is 2.15. The van der Waals surface area contributed by atoms with Gasteiger partial charge < -0.3 is 10.2 Å². The molecular formula is C8H11NO4S. The summed E-state index contributed by atoms with van der Waals surface area (Å²) < 4.78 is 22.1. The number of rotatable bonds is 3. The van der Waals surface area contributed by atoms with Gasteiger partial charge in [-0.05, 0) is 17.2 Å². The molecule has 1 rings (SSSR count). The summed E-state index contributed by atoms with van der Waals surface area (Å²) in [5.41, 5.74) is 0.663. The number of benzene rings is 1. The van der Waals surface area contributed by atoms with Crippen molar-refractivity contribution in [3.05, 3.63) is 29.3 Å². The Bertz CT molecular complexity index is 427. The van der Waals surface area contributed by atoms with Crippen molar-refractivity contribution in [1.82, 2.24) is 0 Å². The van der Waals surface area contributed by atoms with Gasteiger partial charge in [-0.25, -0.2) is 13.6 Å². The fraction of sp³-hybridized carbons (Fsp3) is 0.250. The summed E-state index contributed by atoms with van der Waals surface area (Å²) >= 11 is 0. The summed E-state index contributed by atoms with van der Waals surface area (Å²) in [6.45, 7) is -0.675. The van der Waals surface area contributed by atoms with Gasteiger partial charge in [0.2, 0.25) is 10.0 Å². The van der Waals surface area contributed by atoms with Crippen LogP contribution in [0.15, 0.2) is 23.1 Å². The van der Waals surface area contributed by atoms with E-state index in [-0.39, 0.29) is 17.1 Å². The second-order valence-electron chi connectivity index (χ2n) is 2.80. The molecule has 14 heavy (non-hydrogen) atoms. The minimum Gasteiger partial charge on any atom is -0.392 e. The van der Waals surface area contributed by atoms with Gasteiger partial charge in [0.05, 0.1) is 18.1 Å². The Morgan fingerprint density at radius 3 is 2.29 bits per heavy atom. The van der Waals surface area contributed by atoms with Gasteiger partial charge in [0.1, 0.15) is 0 Å². The molecule has 0 aliphatic rings. The summed E-state index contributed by atoms with van der Waals surface area (Å²) in [5, 5.41) is 22.6. The summed E-state index contributed by atoms with van der Waals surface area (Å²) in [5.74, 6) is 0. The van der Waals surface area contributed by atoms with Gasteiger partial charge in [0.15, 0.2) is 0 Å². The van der Waals surface area contributed by atoms with Gasteiger partial charge >= 0.3 is 0 Å². The highest BCUT2D eigenvalue weighted by atomic mass is 32.2. The maximum atomic E-state index is 11.1. The second kappa shape index (κ2) is 4.05. The summed E-state index contributed by atoms with van der Waals surface area (Å²) in [4.78, 5) is -0.147. The first-order chi connectivity index (χ1) is 6.49. The molecule has 0 saturated carbocycles. The van der Waals surface area contributed by atoms with Crippen molar-refractivity contribution in [2.24, 2.45) is 5.14 Å². The van der Waals surface area contributed by atoms with E-state index >= 15 is 0 Å². The third kappa shape index (κ3) is 2.30. The van der Waals surface area contributed by atoms with Crippen molar-refractivity contribution in [1.29, 1.82) is 0 Å². The van der Waals surface area contributed by atoms with Crippen molar-refractivity contribution < 1.29 is 18.6 Å². The monoisotopic (exact) mass is 217 g/mol. The molecule has 0 radical (unpaired) electrons. The zero-order valence-electron chi connectivity index (χ0n) is 7.34. The number of aliphatic hydroxyl groups excluding tert-OH is 2. The Morgan fingerprint density at radius 1 is 1.21 bits per heavy atom. The average molecular weight is 217 g/mol. The number of aliphatic hydroxyl groups is 2. The minimum absolute atomic E-state index is 0.147. The lowest BCUT2D eigenvalue weighted by molar-refractivity contribution is 0.275. The SMILES string of the molecule is NS(=O)(=O)c1cc(CO)ccc1CO. The van der Waals surface area contributed by atoms with E-state index in [1.807, 2.05) is 0 Å². The number of sulfonamides is 1. The van der Waals surface area contributed by atoms with Crippen LogP contribution in [0.3, 0.4) is 0 Å². The Hall–Kier alpha value is -0.950. The lowest BCUT2D eigenvalue weighted by Gasteiger charge is -2.06. The van der Waals surface area contributed by atoms with Crippen LogP contribution >= 0.6 is 0 Å². The first-order valence-electron chi connectivity index (χ1n) is 3.85. The maximum Gasteiger partial charge on any atom is 0.238 e. The topological polar surface area (TPSA) is 101 Å². The third-order valence-electron chi connectivity index (χ3n) is 1.79. The van der Waals surface area contributed by atoms with Crippen molar-refractivity contribution in [3.63, 3.8) is 0 Å². The lowest BCUT2D eigenvalue weighted by atomic mass is 10.1. The van der Waals surface area contributed by atoms with Crippen molar-refractivity contribution >= 4 is 10.0 Å². The van der Waals surface area contributed by atoms with Gasteiger partial charge in [-0.1, -0.05) is 12.1 Å². The second-order valence-corrected chi connectivity index (χ2v) is 4.33. The molecule has 0 saturated heterocycles. The predicted molar refractivity (Wildman–Crippen MR) is 49.7 cm³/mol. The molecule has 0 aliphatic heterocycles. The van der Waals surface area contributed by atoms with E-state index in [1.165, 1.54) is 18.2 Å². The van der Waals surface area contributed by atoms with Crippen LogP contribution in [0.5, 0.6) is 0 Å². The third-order valence-corrected chi connectivity index (χ3v) is 2.78.